The molecular weight excluding hydrogens is 199 g/mol. The molecule has 0 atom stereocenters. The van der Waals surface area contributed by atoms with E-state index in [9.17, 15) is 0 Å². The summed E-state index contributed by atoms with van der Waals surface area (Å²) in [6, 6.07) is 0. The molecule has 1 nitrogen and oxygen atoms in total. The Labute approximate surface area is 87.9 Å². The van der Waals surface area contributed by atoms with E-state index in [1.165, 1.54) is 6.08 Å². The predicted molar refractivity (Wildman–Crippen MR) is 39.5 cm³/mol. The molecule has 2 N–H and O–H groups in total. The van der Waals surface area contributed by atoms with Crippen molar-refractivity contribution in [1.29, 1.82) is 0 Å². The molecule has 0 aromatic rings. The van der Waals surface area contributed by atoms with E-state index < -0.39 is 0 Å². The number of nitrogens with two attached hydrogens (primary N) is 1. The van der Waals surface area contributed by atoms with Crippen LogP contribution >= 0.6 is 0 Å². The van der Waals surface area contributed by atoms with Gasteiger partial charge in [0.25, 0.3) is 0 Å². The van der Waals surface area contributed by atoms with E-state index in [4.69, 9.17) is 12.3 Å². The standard InChI is InChI=1S/C8H11N.Y/c1-2-3-4-5-6-7-8-9;/h1-3,6-7H,5,8-9H2;/q-2;/b7-6+;. The van der Waals surface area contributed by atoms with Crippen LogP contribution in [0.1, 0.15) is 6.42 Å². The Kier molecular flexibility index (Phi) is 15.5. The van der Waals surface area contributed by atoms with Crippen LogP contribution in [-0.2, 0) is 32.7 Å². The molecule has 0 aromatic carbocycles. The van der Waals surface area contributed by atoms with Crippen LogP contribution in [0.3, 0.4) is 0 Å². The molecule has 1 radical (unpaired) electrons. The van der Waals surface area contributed by atoms with Crippen molar-refractivity contribution in [2.45, 2.75) is 6.42 Å². The van der Waals surface area contributed by atoms with E-state index in [0.29, 0.717) is 6.54 Å². The minimum Gasteiger partial charge on any atom is -0.394 e. The van der Waals surface area contributed by atoms with Gasteiger partial charge in [0.15, 0.2) is 0 Å². The van der Waals surface area contributed by atoms with Crippen LogP contribution in [0, 0.1) is 12.7 Å². The van der Waals surface area contributed by atoms with E-state index in [0.717, 1.165) is 6.42 Å². The largest absolute Gasteiger partial charge is 0.394 e. The van der Waals surface area contributed by atoms with Gasteiger partial charge in [-0.3, -0.25) is 0 Å². The van der Waals surface area contributed by atoms with Gasteiger partial charge >= 0.3 is 0 Å². The monoisotopic (exact) mass is 210 g/mol. The van der Waals surface area contributed by atoms with Gasteiger partial charge in [-0.25, -0.2) is 0 Å². The molecule has 2 heteroatoms. The third kappa shape index (κ3) is 11.1. The first-order valence-electron chi connectivity index (χ1n) is 2.87. The molecule has 0 rings (SSSR count). The number of hydrogen-bond acceptors (Lipinski definition) is 1. The molecule has 53 valence electrons. The number of allylic oxidation sites excluding steroid dienone is 4. The maximum absolute atomic E-state index is 5.19. The Bertz CT molecular complexity index is 116. The minimum absolute atomic E-state index is 0. The molecular formula is C8H11NY-2. The van der Waals surface area contributed by atoms with Gasteiger partial charge in [-0.2, -0.15) is 0 Å². The molecule has 0 spiro atoms. The van der Waals surface area contributed by atoms with Gasteiger partial charge in [-0.05, 0) is 0 Å². The summed E-state index contributed by atoms with van der Waals surface area (Å²) in [5, 5.41) is 0. The van der Waals surface area contributed by atoms with Gasteiger partial charge in [0.1, 0.15) is 0 Å². The SMILES string of the molecule is [CH-]=CC=[C-]C/C=C/CN.[Y]. The second kappa shape index (κ2) is 12.0. The average molecular weight is 210 g/mol. The van der Waals surface area contributed by atoms with Gasteiger partial charge in [-0.1, -0.05) is 6.08 Å². The van der Waals surface area contributed by atoms with Crippen LogP contribution in [0.2, 0.25) is 0 Å². The molecule has 0 saturated heterocycles. The van der Waals surface area contributed by atoms with Gasteiger partial charge in [0.2, 0.25) is 0 Å². The van der Waals surface area contributed by atoms with Crippen molar-refractivity contribution in [1.82, 2.24) is 0 Å². The maximum atomic E-state index is 5.19. The normalized spacial score (nSPS) is 10.1. The Morgan fingerprint density at radius 1 is 1.40 bits per heavy atom. The van der Waals surface area contributed by atoms with Crippen molar-refractivity contribution in [2.75, 3.05) is 6.54 Å². The fourth-order valence-corrected chi connectivity index (χ4v) is 0.384. The van der Waals surface area contributed by atoms with Gasteiger partial charge in [0, 0.05) is 39.3 Å². The van der Waals surface area contributed by atoms with Gasteiger partial charge < -0.3 is 30.5 Å². The molecule has 0 aliphatic heterocycles. The van der Waals surface area contributed by atoms with Crippen molar-refractivity contribution in [2.24, 2.45) is 5.73 Å². The molecule has 0 saturated carbocycles. The first-order valence-corrected chi connectivity index (χ1v) is 2.87. The molecule has 0 fully saturated rings. The van der Waals surface area contributed by atoms with E-state index >= 15 is 0 Å². The quantitative estimate of drug-likeness (QED) is 0.421. The van der Waals surface area contributed by atoms with Gasteiger partial charge in [0.05, 0.1) is 0 Å². The molecule has 0 aliphatic carbocycles. The zero-order valence-electron chi connectivity index (χ0n) is 5.96. The van der Waals surface area contributed by atoms with Crippen LogP contribution in [0.5, 0.6) is 0 Å². The smallest absolute Gasteiger partial charge is 0.0106 e. The Morgan fingerprint density at radius 3 is 2.60 bits per heavy atom. The zero-order chi connectivity index (χ0) is 6.95. The topological polar surface area (TPSA) is 26.0 Å². The predicted octanol–water partition coefficient (Wildman–Crippen LogP) is 1.24. The van der Waals surface area contributed by atoms with Crippen LogP contribution in [0.4, 0.5) is 0 Å². The molecule has 0 heterocycles. The van der Waals surface area contributed by atoms with Crippen LogP contribution in [-0.4, -0.2) is 6.54 Å². The van der Waals surface area contributed by atoms with Crippen LogP contribution in [0.15, 0.2) is 24.3 Å². The van der Waals surface area contributed by atoms with Gasteiger partial charge in [-0.15, -0.1) is 12.5 Å². The Balaban J connectivity index is 0. The van der Waals surface area contributed by atoms with Crippen molar-refractivity contribution >= 4 is 0 Å². The summed E-state index contributed by atoms with van der Waals surface area (Å²) in [6.07, 6.45) is 10.7. The number of rotatable bonds is 4. The third-order valence-corrected chi connectivity index (χ3v) is 0.753. The summed E-state index contributed by atoms with van der Waals surface area (Å²) >= 11 is 0. The summed E-state index contributed by atoms with van der Waals surface area (Å²) in [6.45, 7) is 5.64. The maximum Gasteiger partial charge on any atom is 0.0106 e. The van der Waals surface area contributed by atoms with Crippen molar-refractivity contribution in [3.8, 4) is 0 Å². The second-order valence-electron chi connectivity index (χ2n) is 1.47. The van der Waals surface area contributed by atoms with Crippen molar-refractivity contribution < 1.29 is 32.7 Å². The number of hydrogen-bond donors (Lipinski definition) is 1. The summed E-state index contributed by atoms with van der Waals surface area (Å²) in [7, 11) is 0. The summed E-state index contributed by atoms with van der Waals surface area (Å²) in [5.41, 5.74) is 5.19. The molecule has 0 bridgehead atoms. The Hall–Kier alpha value is 0.284. The fraction of sp³-hybridized carbons (Fsp3) is 0.250. The van der Waals surface area contributed by atoms with Crippen LogP contribution in [0.25, 0.3) is 0 Å². The molecule has 10 heavy (non-hydrogen) atoms. The first-order chi connectivity index (χ1) is 4.41. The summed E-state index contributed by atoms with van der Waals surface area (Å²) in [4.78, 5) is 0. The van der Waals surface area contributed by atoms with E-state index in [1.54, 1.807) is 6.08 Å². The molecule has 0 amide bonds. The fourth-order valence-electron chi connectivity index (χ4n) is 0.384. The third-order valence-electron chi connectivity index (χ3n) is 0.753. The van der Waals surface area contributed by atoms with E-state index in [1.807, 2.05) is 12.2 Å². The minimum atomic E-state index is 0. The van der Waals surface area contributed by atoms with Crippen molar-refractivity contribution in [3.05, 3.63) is 37.0 Å². The van der Waals surface area contributed by atoms with Crippen LogP contribution < -0.4 is 5.73 Å². The Morgan fingerprint density at radius 2 is 2.10 bits per heavy atom. The molecule has 0 unspecified atom stereocenters. The average Bonchev–Trinajstić information content (AvgIpc) is 1.89. The van der Waals surface area contributed by atoms with E-state index in [-0.39, 0.29) is 32.7 Å². The van der Waals surface area contributed by atoms with Crippen molar-refractivity contribution in [3.63, 3.8) is 0 Å². The molecule has 0 aromatic heterocycles. The molecule has 0 aliphatic rings. The zero-order valence-corrected chi connectivity index (χ0v) is 8.79. The summed E-state index contributed by atoms with van der Waals surface area (Å²) in [5.74, 6) is 0. The summed E-state index contributed by atoms with van der Waals surface area (Å²) < 4.78 is 0. The van der Waals surface area contributed by atoms with E-state index in [2.05, 4.69) is 6.08 Å². The first kappa shape index (κ1) is 12.9. The second-order valence-corrected chi connectivity index (χ2v) is 1.47.